The molecule has 1 aliphatic rings. The second kappa shape index (κ2) is 9.95. The van der Waals surface area contributed by atoms with Crippen LogP contribution in [0.25, 0.3) is 0 Å². The Hall–Kier alpha value is -3.58. The molecule has 0 saturated carbocycles. The number of rotatable bonds is 8. The molecule has 4 rings (SSSR count). The Labute approximate surface area is 182 Å². The van der Waals surface area contributed by atoms with Gasteiger partial charge in [-0.25, -0.2) is 4.98 Å². The molecule has 31 heavy (non-hydrogen) atoms. The number of ether oxygens (including phenoxy) is 1. The SMILES string of the molecule is NC(=O)Cc1cnc(Nc2ccccc2N2CCOCC2)cc1NCc1ccccc1. The molecular formula is C24H27N5O2. The number of aromatic nitrogens is 1. The highest BCUT2D eigenvalue weighted by atomic mass is 16.5. The minimum atomic E-state index is -0.386. The molecule has 2 aromatic carbocycles. The lowest BCUT2D eigenvalue weighted by Gasteiger charge is -2.30. The maximum Gasteiger partial charge on any atom is 0.221 e. The maximum absolute atomic E-state index is 11.5. The van der Waals surface area contributed by atoms with Crippen molar-refractivity contribution in [1.82, 2.24) is 4.98 Å². The zero-order valence-corrected chi connectivity index (χ0v) is 17.4. The van der Waals surface area contributed by atoms with Gasteiger partial charge in [0.2, 0.25) is 5.91 Å². The summed E-state index contributed by atoms with van der Waals surface area (Å²) in [6, 6.07) is 20.2. The third-order valence-corrected chi connectivity index (χ3v) is 5.20. The first kappa shape index (κ1) is 20.7. The Morgan fingerprint density at radius 1 is 1.03 bits per heavy atom. The molecule has 7 nitrogen and oxygen atoms in total. The summed E-state index contributed by atoms with van der Waals surface area (Å²) in [4.78, 5) is 18.4. The van der Waals surface area contributed by atoms with Gasteiger partial charge in [0.15, 0.2) is 0 Å². The molecule has 3 aromatic rings. The zero-order chi connectivity index (χ0) is 21.5. The number of amides is 1. The van der Waals surface area contributed by atoms with Crippen LogP contribution in [0.4, 0.5) is 22.9 Å². The first-order valence-electron chi connectivity index (χ1n) is 10.4. The van der Waals surface area contributed by atoms with Crippen molar-refractivity contribution in [2.75, 3.05) is 41.8 Å². The van der Waals surface area contributed by atoms with Crippen molar-refractivity contribution in [3.63, 3.8) is 0 Å². The number of morpholine rings is 1. The van der Waals surface area contributed by atoms with Crippen LogP contribution in [-0.4, -0.2) is 37.2 Å². The summed E-state index contributed by atoms with van der Waals surface area (Å²) >= 11 is 0. The summed E-state index contributed by atoms with van der Waals surface area (Å²) in [7, 11) is 0. The van der Waals surface area contributed by atoms with Crippen LogP contribution in [0.2, 0.25) is 0 Å². The van der Waals surface area contributed by atoms with Gasteiger partial charge in [-0.05, 0) is 17.7 Å². The first-order valence-corrected chi connectivity index (χ1v) is 10.4. The fraction of sp³-hybridized carbons (Fsp3) is 0.250. The van der Waals surface area contributed by atoms with Crippen molar-refractivity contribution >= 4 is 28.8 Å². The number of anilines is 4. The summed E-state index contributed by atoms with van der Waals surface area (Å²) in [5.41, 5.74) is 10.3. The van der Waals surface area contributed by atoms with Crippen molar-refractivity contribution in [1.29, 1.82) is 0 Å². The van der Waals surface area contributed by atoms with E-state index in [-0.39, 0.29) is 12.3 Å². The van der Waals surface area contributed by atoms with Gasteiger partial charge in [-0.3, -0.25) is 4.79 Å². The number of para-hydroxylation sites is 2. The molecule has 0 atom stereocenters. The van der Waals surface area contributed by atoms with Gasteiger partial charge in [-0.2, -0.15) is 0 Å². The number of carbonyl (C=O) groups is 1. The number of nitrogens with one attached hydrogen (secondary N) is 2. The van der Waals surface area contributed by atoms with Crippen LogP contribution in [0.15, 0.2) is 66.9 Å². The van der Waals surface area contributed by atoms with Crippen LogP contribution in [0.5, 0.6) is 0 Å². The Morgan fingerprint density at radius 2 is 1.77 bits per heavy atom. The van der Waals surface area contributed by atoms with E-state index in [0.717, 1.165) is 54.5 Å². The van der Waals surface area contributed by atoms with Gasteiger partial charge in [0.25, 0.3) is 0 Å². The van der Waals surface area contributed by atoms with Crippen LogP contribution in [0, 0.1) is 0 Å². The van der Waals surface area contributed by atoms with Gasteiger partial charge in [-0.1, -0.05) is 42.5 Å². The Kier molecular flexibility index (Phi) is 6.64. The minimum Gasteiger partial charge on any atom is -0.381 e. The average molecular weight is 418 g/mol. The number of benzene rings is 2. The number of primary amides is 1. The second-order valence-corrected chi connectivity index (χ2v) is 7.45. The third kappa shape index (κ3) is 5.52. The van der Waals surface area contributed by atoms with E-state index in [4.69, 9.17) is 10.5 Å². The molecule has 2 heterocycles. The van der Waals surface area contributed by atoms with Gasteiger partial charge in [-0.15, -0.1) is 0 Å². The summed E-state index contributed by atoms with van der Waals surface area (Å²) in [5.74, 6) is 0.312. The largest absolute Gasteiger partial charge is 0.381 e. The van der Waals surface area contributed by atoms with Gasteiger partial charge >= 0.3 is 0 Å². The first-order chi connectivity index (χ1) is 15.2. The highest BCUT2D eigenvalue weighted by Gasteiger charge is 2.15. The fourth-order valence-electron chi connectivity index (χ4n) is 3.64. The number of carbonyl (C=O) groups excluding carboxylic acids is 1. The maximum atomic E-state index is 11.5. The lowest BCUT2D eigenvalue weighted by atomic mass is 10.1. The molecule has 0 unspecified atom stereocenters. The molecule has 1 fully saturated rings. The molecule has 1 aromatic heterocycles. The van der Waals surface area contributed by atoms with Crippen molar-refractivity contribution in [2.45, 2.75) is 13.0 Å². The second-order valence-electron chi connectivity index (χ2n) is 7.45. The highest BCUT2D eigenvalue weighted by molar-refractivity contribution is 5.80. The van der Waals surface area contributed by atoms with E-state index in [0.29, 0.717) is 12.4 Å². The van der Waals surface area contributed by atoms with Gasteiger partial charge in [0.1, 0.15) is 5.82 Å². The molecule has 0 aliphatic carbocycles. The fourth-order valence-corrected chi connectivity index (χ4v) is 3.64. The quantitative estimate of drug-likeness (QED) is 0.521. The third-order valence-electron chi connectivity index (χ3n) is 5.20. The van der Waals surface area contributed by atoms with Crippen molar-refractivity contribution in [2.24, 2.45) is 5.73 Å². The summed E-state index contributed by atoms with van der Waals surface area (Å²) < 4.78 is 5.48. The molecule has 0 radical (unpaired) electrons. The standard InChI is InChI=1S/C24H27N5O2/c25-23(30)14-19-17-27-24(15-21(19)26-16-18-6-2-1-3-7-18)28-20-8-4-5-9-22(20)29-10-12-31-13-11-29/h1-9,15,17H,10-14,16H2,(H2,25,30)(H2,26,27,28). The minimum absolute atomic E-state index is 0.134. The molecule has 0 bridgehead atoms. The Balaban J connectivity index is 1.57. The van der Waals surface area contributed by atoms with Gasteiger partial charge in [0.05, 0.1) is 31.0 Å². The smallest absolute Gasteiger partial charge is 0.221 e. The molecule has 1 amide bonds. The normalized spacial score (nSPS) is 13.6. The van der Waals surface area contributed by atoms with Crippen LogP contribution in [0.1, 0.15) is 11.1 Å². The Bertz CT molecular complexity index is 1020. The molecule has 160 valence electrons. The summed E-state index contributed by atoms with van der Waals surface area (Å²) in [6.45, 7) is 3.80. The molecule has 0 spiro atoms. The number of nitrogens with zero attached hydrogens (tertiary/aromatic N) is 2. The molecule has 7 heteroatoms. The summed E-state index contributed by atoms with van der Waals surface area (Å²) in [6.07, 6.45) is 1.84. The molecular weight excluding hydrogens is 390 g/mol. The molecule has 4 N–H and O–H groups in total. The van der Waals surface area contributed by atoms with E-state index in [1.54, 1.807) is 6.20 Å². The molecule has 1 saturated heterocycles. The van der Waals surface area contributed by atoms with Crippen LogP contribution >= 0.6 is 0 Å². The van der Waals surface area contributed by atoms with Crippen LogP contribution in [-0.2, 0) is 22.5 Å². The lowest BCUT2D eigenvalue weighted by Crippen LogP contribution is -2.36. The van der Waals surface area contributed by atoms with Crippen LogP contribution in [0.3, 0.4) is 0 Å². The number of hydrogen-bond acceptors (Lipinski definition) is 6. The van der Waals surface area contributed by atoms with E-state index in [1.807, 2.05) is 42.5 Å². The van der Waals surface area contributed by atoms with Crippen molar-refractivity contribution < 1.29 is 9.53 Å². The van der Waals surface area contributed by atoms with E-state index in [2.05, 4.69) is 38.7 Å². The highest BCUT2D eigenvalue weighted by Crippen LogP contribution is 2.30. The summed E-state index contributed by atoms with van der Waals surface area (Å²) in [5, 5.41) is 6.86. The van der Waals surface area contributed by atoms with Crippen molar-refractivity contribution in [3.8, 4) is 0 Å². The van der Waals surface area contributed by atoms with E-state index < -0.39 is 0 Å². The number of nitrogens with two attached hydrogens (primary N) is 1. The van der Waals surface area contributed by atoms with Crippen molar-refractivity contribution in [3.05, 3.63) is 78.0 Å². The van der Waals surface area contributed by atoms with Gasteiger partial charge in [0, 0.05) is 43.1 Å². The predicted octanol–water partition coefficient (Wildman–Crippen LogP) is 3.30. The monoisotopic (exact) mass is 417 g/mol. The number of hydrogen-bond donors (Lipinski definition) is 3. The topological polar surface area (TPSA) is 92.5 Å². The lowest BCUT2D eigenvalue weighted by molar-refractivity contribution is -0.117. The molecule has 1 aliphatic heterocycles. The van der Waals surface area contributed by atoms with E-state index in [9.17, 15) is 4.79 Å². The zero-order valence-electron chi connectivity index (χ0n) is 17.4. The Morgan fingerprint density at radius 3 is 2.55 bits per heavy atom. The van der Waals surface area contributed by atoms with Crippen LogP contribution < -0.4 is 21.3 Å². The van der Waals surface area contributed by atoms with E-state index >= 15 is 0 Å². The number of pyridine rings is 1. The van der Waals surface area contributed by atoms with Gasteiger partial charge < -0.3 is 26.0 Å². The predicted molar refractivity (Wildman–Crippen MR) is 124 cm³/mol. The average Bonchev–Trinajstić information content (AvgIpc) is 2.80. The van der Waals surface area contributed by atoms with E-state index in [1.165, 1.54) is 0 Å².